The first-order chi connectivity index (χ1) is 11.6. The van der Waals surface area contributed by atoms with E-state index in [0.717, 1.165) is 42.1 Å². The van der Waals surface area contributed by atoms with Gasteiger partial charge < -0.3 is 4.90 Å². The maximum absolute atomic E-state index is 12.7. The van der Waals surface area contributed by atoms with Crippen molar-refractivity contribution < 1.29 is 4.79 Å². The van der Waals surface area contributed by atoms with Gasteiger partial charge in [-0.2, -0.15) is 0 Å². The first kappa shape index (κ1) is 17.2. The van der Waals surface area contributed by atoms with Crippen LogP contribution in [0.2, 0.25) is 0 Å². The van der Waals surface area contributed by atoms with E-state index in [1.807, 2.05) is 11.0 Å². The third-order valence-corrected chi connectivity index (χ3v) is 6.25. The number of thioether (sulfide) groups is 1. The Hall–Kier alpha value is -1.60. The molecule has 0 radical (unpaired) electrons. The predicted molar refractivity (Wildman–Crippen MR) is 100.0 cm³/mol. The quantitative estimate of drug-likeness (QED) is 0.450. The van der Waals surface area contributed by atoms with Crippen molar-refractivity contribution in [2.45, 2.75) is 37.9 Å². The molecule has 128 valence electrons. The number of thiophene rings is 1. The number of hydrogen-bond acceptors (Lipinski definition) is 5. The lowest BCUT2D eigenvalue weighted by Crippen LogP contribution is -2.29. The normalized spacial score (nSPS) is 14.5. The second-order valence-corrected chi connectivity index (χ2v) is 7.82. The molecule has 0 spiro atoms. The summed E-state index contributed by atoms with van der Waals surface area (Å²) in [4.78, 5) is 33.4. The van der Waals surface area contributed by atoms with Crippen LogP contribution in [0.25, 0.3) is 10.2 Å². The van der Waals surface area contributed by atoms with Gasteiger partial charge in [-0.05, 0) is 25.3 Å². The molecule has 2 aromatic rings. The van der Waals surface area contributed by atoms with Crippen LogP contribution in [0, 0.1) is 0 Å². The highest BCUT2D eigenvalue weighted by Gasteiger charge is 2.20. The number of aromatic nitrogens is 2. The third kappa shape index (κ3) is 3.42. The highest BCUT2D eigenvalue weighted by Crippen LogP contribution is 2.25. The van der Waals surface area contributed by atoms with Gasteiger partial charge in [0.2, 0.25) is 5.91 Å². The molecule has 1 fully saturated rings. The number of hydrogen-bond donors (Lipinski definition) is 0. The van der Waals surface area contributed by atoms with Gasteiger partial charge in [-0.15, -0.1) is 17.9 Å². The van der Waals surface area contributed by atoms with Gasteiger partial charge in [0, 0.05) is 24.5 Å². The molecule has 2 aromatic heterocycles. The van der Waals surface area contributed by atoms with Crippen LogP contribution in [0.3, 0.4) is 0 Å². The zero-order valence-corrected chi connectivity index (χ0v) is 15.4. The minimum absolute atomic E-state index is 0.0491. The first-order valence-corrected chi connectivity index (χ1v) is 9.99. The van der Waals surface area contributed by atoms with E-state index in [1.54, 1.807) is 22.0 Å². The Morgan fingerprint density at radius 2 is 2.21 bits per heavy atom. The summed E-state index contributed by atoms with van der Waals surface area (Å²) in [6.45, 7) is 7.88. The Morgan fingerprint density at radius 3 is 2.88 bits per heavy atom. The van der Waals surface area contributed by atoms with Gasteiger partial charge in [0.15, 0.2) is 5.16 Å². The van der Waals surface area contributed by atoms with E-state index in [2.05, 4.69) is 18.5 Å². The number of likely N-dealkylation sites (tertiary alicyclic amines) is 1. The van der Waals surface area contributed by atoms with E-state index in [9.17, 15) is 9.59 Å². The molecule has 0 atom stereocenters. The van der Waals surface area contributed by atoms with Crippen molar-refractivity contribution in [2.24, 2.45) is 0 Å². The molecule has 24 heavy (non-hydrogen) atoms. The number of rotatable bonds is 6. The fourth-order valence-electron chi connectivity index (χ4n) is 2.81. The molecule has 0 saturated carbocycles. The molecular weight excluding hydrogens is 342 g/mol. The molecule has 0 unspecified atom stereocenters. The monoisotopic (exact) mass is 363 g/mol. The predicted octanol–water partition coefficient (Wildman–Crippen LogP) is 2.92. The van der Waals surface area contributed by atoms with Crippen LogP contribution >= 0.6 is 23.1 Å². The van der Waals surface area contributed by atoms with Gasteiger partial charge >= 0.3 is 0 Å². The van der Waals surface area contributed by atoms with Crippen LogP contribution in [-0.4, -0.2) is 39.2 Å². The molecule has 1 aliphatic heterocycles. The third-order valence-electron chi connectivity index (χ3n) is 4.11. The van der Waals surface area contributed by atoms with Crippen LogP contribution in [0.1, 0.15) is 24.6 Å². The molecule has 5 nitrogen and oxygen atoms in total. The van der Waals surface area contributed by atoms with Crippen LogP contribution in [0.5, 0.6) is 0 Å². The summed E-state index contributed by atoms with van der Waals surface area (Å²) < 4.78 is 1.61. The number of amides is 1. The molecule has 0 bridgehead atoms. The van der Waals surface area contributed by atoms with Crippen molar-refractivity contribution in [3.63, 3.8) is 0 Å². The summed E-state index contributed by atoms with van der Waals surface area (Å²) in [5.41, 5.74) is -0.0491. The standard InChI is InChI=1S/C17H21N3O2S2/c1-3-7-20-16(22)13-10-12(4-2)24-15(13)18-17(20)23-11-14(21)19-8-5-6-9-19/h3,10H,1,4-9,11H2,2H3. The Labute approximate surface area is 149 Å². The van der Waals surface area contributed by atoms with Crippen molar-refractivity contribution in [1.29, 1.82) is 0 Å². The van der Waals surface area contributed by atoms with E-state index in [1.165, 1.54) is 11.8 Å². The van der Waals surface area contributed by atoms with E-state index in [-0.39, 0.29) is 11.5 Å². The number of aryl methyl sites for hydroxylation is 1. The summed E-state index contributed by atoms with van der Waals surface area (Å²) in [5.74, 6) is 0.443. The maximum Gasteiger partial charge on any atom is 0.263 e. The average molecular weight is 364 g/mol. The van der Waals surface area contributed by atoms with Gasteiger partial charge in [0.25, 0.3) is 5.56 Å². The fourth-order valence-corrected chi connectivity index (χ4v) is 4.73. The number of fused-ring (bicyclic) bond motifs is 1. The number of allylic oxidation sites excluding steroid dienone is 1. The molecule has 0 N–H and O–H groups in total. The van der Waals surface area contributed by atoms with E-state index in [0.29, 0.717) is 22.8 Å². The molecule has 0 aromatic carbocycles. The van der Waals surface area contributed by atoms with Crippen molar-refractivity contribution in [2.75, 3.05) is 18.8 Å². The Bertz CT molecular complexity index is 819. The average Bonchev–Trinajstić information content (AvgIpc) is 3.24. The zero-order valence-electron chi connectivity index (χ0n) is 13.8. The lowest BCUT2D eigenvalue weighted by molar-refractivity contribution is -0.127. The molecule has 3 rings (SSSR count). The minimum Gasteiger partial charge on any atom is -0.342 e. The topological polar surface area (TPSA) is 55.2 Å². The fraction of sp³-hybridized carbons (Fsp3) is 0.471. The summed E-state index contributed by atoms with van der Waals surface area (Å²) in [6.07, 6.45) is 4.74. The Morgan fingerprint density at radius 1 is 1.46 bits per heavy atom. The Kier molecular flexibility index (Phi) is 5.40. The number of carbonyl (C=O) groups is 1. The van der Waals surface area contributed by atoms with Crippen LogP contribution < -0.4 is 5.56 Å². The van der Waals surface area contributed by atoms with Crippen LogP contribution in [-0.2, 0) is 17.8 Å². The SMILES string of the molecule is C=CCn1c(SCC(=O)N2CCCC2)nc2sc(CC)cc2c1=O. The largest absolute Gasteiger partial charge is 0.342 e. The van der Waals surface area contributed by atoms with Crippen molar-refractivity contribution in [1.82, 2.24) is 14.5 Å². The maximum atomic E-state index is 12.7. The highest BCUT2D eigenvalue weighted by atomic mass is 32.2. The van der Waals surface area contributed by atoms with Crippen LogP contribution in [0.15, 0.2) is 28.7 Å². The summed E-state index contributed by atoms with van der Waals surface area (Å²) in [7, 11) is 0. The lowest BCUT2D eigenvalue weighted by Gasteiger charge is -2.15. The molecule has 3 heterocycles. The molecule has 7 heteroatoms. The minimum atomic E-state index is -0.0491. The van der Waals surface area contributed by atoms with Crippen molar-refractivity contribution in [3.8, 4) is 0 Å². The zero-order chi connectivity index (χ0) is 17.1. The molecule has 1 saturated heterocycles. The van der Waals surface area contributed by atoms with Gasteiger partial charge in [-0.25, -0.2) is 4.98 Å². The first-order valence-electron chi connectivity index (χ1n) is 8.18. The lowest BCUT2D eigenvalue weighted by atomic mass is 10.3. The van der Waals surface area contributed by atoms with Crippen molar-refractivity contribution in [3.05, 3.63) is 34.0 Å². The summed E-state index contributed by atoms with van der Waals surface area (Å²) in [6, 6.07) is 1.93. The van der Waals surface area contributed by atoms with E-state index < -0.39 is 0 Å². The van der Waals surface area contributed by atoms with E-state index >= 15 is 0 Å². The summed E-state index contributed by atoms with van der Waals surface area (Å²) >= 11 is 2.90. The second kappa shape index (κ2) is 7.53. The van der Waals surface area contributed by atoms with Gasteiger partial charge in [0.05, 0.1) is 11.1 Å². The smallest absolute Gasteiger partial charge is 0.263 e. The van der Waals surface area contributed by atoms with Gasteiger partial charge in [-0.3, -0.25) is 14.2 Å². The Balaban J connectivity index is 1.89. The molecular formula is C17H21N3O2S2. The van der Waals surface area contributed by atoms with E-state index in [4.69, 9.17) is 0 Å². The molecule has 0 aliphatic carbocycles. The van der Waals surface area contributed by atoms with Gasteiger partial charge in [-0.1, -0.05) is 24.8 Å². The number of nitrogens with zero attached hydrogens (tertiary/aromatic N) is 3. The van der Waals surface area contributed by atoms with Crippen molar-refractivity contribution >= 4 is 39.2 Å². The molecule has 1 aliphatic rings. The molecule has 1 amide bonds. The second-order valence-electron chi connectivity index (χ2n) is 5.76. The number of carbonyl (C=O) groups excluding carboxylic acids is 1. The van der Waals surface area contributed by atoms with Crippen LogP contribution in [0.4, 0.5) is 0 Å². The highest BCUT2D eigenvalue weighted by molar-refractivity contribution is 7.99. The summed E-state index contributed by atoms with van der Waals surface area (Å²) in [5, 5.41) is 1.26. The van der Waals surface area contributed by atoms with Gasteiger partial charge in [0.1, 0.15) is 4.83 Å².